The molecule has 2 unspecified atom stereocenters. The van der Waals surface area contributed by atoms with Crippen molar-refractivity contribution < 1.29 is 0 Å². The lowest BCUT2D eigenvalue weighted by Gasteiger charge is -2.21. The zero-order chi connectivity index (χ0) is 10.6. The van der Waals surface area contributed by atoms with Crippen LogP contribution in [0, 0.1) is 0 Å². The molecule has 0 amide bonds. The third kappa shape index (κ3) is 2.29. The molecule has 1 N–H and O–H groups in total. The molecule has 1 rings (SSSR count). The van der Waals surface area contributed by atoms with E-state index >= 15 is 0 Å². The van der Waals surface area contributed by atoms with Crippen molar-refractivity contribution in [2.24, 2.45) is 7.05 Å². The van der Waals surface area contributed by atoms with Gasteiger partial charge in [-0.2, -0.15) is 0 Å². The molecule has 0 fully saturated rings. The fraction of sp³-hybridized carbons (Fsp3) is 0.889. The first-order valence-electron chi connectivity index (χ1n) is 5.16. The van der Waals surface area contributed by atoms with Crippen LogP contribution in [0.1, 0.15) is 38.9 Å². The quantitative estimate of drug-likeness (QED) is 0.755. The van der Waals surface area contributed by atoms with E-state index in [0.29, 0.717) is 12.0 Å². The van der Waals surface area contributed by atoms with Crippen LogP contribution in [-0.2, 0) is 7.05 Å². The van der Waals surface area contributed by atoms with Crippen LogP contribution in [0.5, 0.6) is 0 Å². The molecule has 0 spiro atoms. The third-order valence-electron chi connectivity index (χ3n) is 2.57. The lowest BCUT2D eigenvalue weighted by molar-refractivity contribution is 0.425. The number of nitrogens with one attached hydrogen (secondary N) is 1. The van der Waals surface area contributed by atoms with E-state index in [1.807, 2.05) is 7.05 Å². The van der Waals surface area contributed by atoms with Gasteiger partial charge in [0, 0.05) is 19.0 Å². The Balaban J connectivity index is 2.72. The van der Waals surface area contributed by atoms with E-state index < -0.39 is 0 Å². The van der Waals surface area contributed by atoms with E-state index in [0.717, 1.165) is 18.8 Å². The number of hydrogen-bond acceptors (Lipinski definition) is 4. The summed E-state index contributed by atoms with van der Waals surface area (Å²) >= 11 is 0. The molecule has 5 nitrogen and oxygen atoms in total. The smallest absolute Gasteiger partial charge is 0.155 e. The van der Waals surface area contributed by atoms with Crippen LogP contribution in [0.15, 0.2) is 0 Å². The molecule has 2 atom stereocenters. The van der Waals surface area contributed by atoms with Gasteiger partial charge in [0.2, 0.25) is 0 Å². The van der Waals surface area contributed by atoms with Crippen LogP contribution >= 0.6 is 0 Å². The number of likely N-dealkylation sites (N-methyl/N-ethyl adjacent to an activating group) is 1. The number of rotatable bonds is 5. The summed E-state index contributed by atoms with van der Waals surface area (Å²) in [6.07, 6.45) is 1.09. The predicted molar refractivity (Wildman–Crippen MR) is 55.0 cm³/mol. The van der Waals surface area contributed by atoms with Crippen molar-refractivity contribution in [2.45, 2.75) is 39.2 Å². The number of hydrogen-bond donors (Lipinski definition) is 1. The van der Waals surface area contributed by atoms with Crippen molar-refractivity contribution in [3.05, 3.63) is 5.82 Å². The first-order chi connectivity index (χ1) is 6.70. The summed E-state index contributed by atoms with van der Waals surface area (Å²) in [6.45, 7) is 7.43. The average molecular weight is 197 g/mol. The lowest BCUT2D eigenvalue weighted by atomic mass is 9.99. The molecule has 0 bridgehead atoms. The lowest BCUT2D eigenvalue weighted by Crippen LogP contribution is -2.34. The van der Waals surface area contributed by atoms with Crippen molar-refractivity contribution in [3.8, 4) is 0 Å². The van der Waals surface area contributed by atoms with Gasteiger partial charge in [-0.1, -0.05) is 20.8 Å². The summed E-state index contributed by atoms with van der Waals surface area (Å²) < 4.78 is 1.74. The molecule has 0 aliphatic rings. The first kappa shape index (κ1) is 11.1. The SMILES string of the molecule is CCNC(CC)C(C)c1nnnn1C. The fourth-order valence-electron chi connectivity index (χ4n) is 1.74. The zero-order valence-corrected chi connectivity index (χ0v) is 9.36. The number of aryl methyl sites for hydroxylation is 1. The minimum Gasteiger partial charge on any atom is -0.314 e. The molecule has 0 radical (unpaired) electrons. The minimum atomic E-state index is 0.347. The molecular formula is C9H19N5. The molecule has 14 heavy (non-hydrogen) atoms. The molecule has 0 aliphatic heterocycles. The van der Waals surface area contributed by atoms with E-state index in [1.165, 1.54) is 0 Å². The summed E-state index contributed by atoms with van der Waals surface area (Å²) in [5.74, 6) is 1.29. The topological polar surface area (TPSA) is 55.6 Å². The summed E-state index contributed by atoms with van der Waals surface area (Å²) in [5.41, 5.74) is 0. The number of tetrazole rings is 1. The highest BCUT2D eigenvalue weighted by Crippen LogP contribution is 2.17. The van der Waals surface area contributed by atoms with Gasteiger partial charge in [0.05, 0.1) is 0 Å². The summed E-state index contributed by atoms with van der Waals surface area (Å²) in [5, 5.41) is 15.0. The highest BCUT2D eigenvalue weighted by atomic mass is 15.5. The molecule has 0 aliphatic carbocycles. The molecule has 0 saturated carbocycles. The van der Waals surface area contributed by atoms with Gasteiger partial charge in [0.25, 0.3) is 0 Å². The molecule has 0 saturated heterocycles. The molecule has 1 aromatic heterocycles. The van der Waals surface area contributed by atoms with E-state index in [1.54, 1.807) is 4.68 Å². The number of aromatic nitrogens is 4. The van der Waals surface area contributed by atoms with E-state index in [-0.39, 0.29) is 0 Å². The van der Waals surface area contributed by atoms with Crippen LogP contribution in [0.3, 0.4) is 0 Å². The maximum absolute atomic E-state index is 4.03. The van der Waals surface area contributed by atoms with Gasteiger partial charge in [0.15, 0.2) is 5.82 Å². The van der Waals surface area contributed by atoms with Crippen molar-refractivity contribution in [1.82, 2.24) is 25.5 Å². The monoisotopic (exact) mass is 197 g/mol. The highest BCUT2D eigenvalue weighted by molar-refractivity contribution is 4.96. The van der Waals surface area contributed by atoms with Crippen molar-refractivity contribution >= 4 is 0 Å². The van der Waals surface area contributed by atoms with Crippen LogP contribution in [-0.4, -0.2) is 32.8 Å². The third-order valence-corrected chi connectivity index (χ3v) is 2.57. The second kappa shape index (κ2) is 5.05. The van der Waals surface area contributed by atoms with E-state index in [4.69, 9.17) is 0 Å². The minimum absolute atomic E-state index is 0.347. The van der Waals surface area contributed by atoms with Gasteiger partial charge in [0.1, 0.15) is 0 Å². The number of nitrogens with zero attached hydrogens (tertiary/aromatic N) is 4. The molecule has 5 heteroatoms. The summed E-state index contributed by atoms with van der Waals surface area (Å²) in [4.78, 5) is 0. The van der Waals surface area contributed by atoms with Crippen LogP contribution in [0.4, 0.5) is 0 Å². The van der Waals surface area contributed by atoms with Crippen LogP contribution < -0.4 is 5.32 Å². The second-order valence-electron chi connectivity index (χ2n) is 3.52. The Morgan fingerprint density at radius 3 is 2.57 bits per heavy atom. The summed E-state index contributed by atoms with van der Waals surface area (Å²) in [7, 11) is 1.88. The maximum atomic E-state index is 4.03. The molecule has 0 aromatic carbocycles. The van der Waals surface area contributed by atoms with Gasteiger partial charge >= 0.3 is 0 Å². The Hall–Kier alpha value is -0.970. The maximum Gasteiger partial charge on any atom is 0.155 e. The Morgan fingerprint density at radius 1 is 1.43 bits per heavy atom. The van der Waals surface area contributed by atoms with Crippen molar-refractivity contribution in [2.75, 3.05) is 6.54 Å². The van der Waals surface area contributed by atoms with Gasteiger partial charge in [-0.05, 0) is 23.4 Å². The zero-order valence-electron chi connectivity index (χ0n) is 9.36. The molecular weight excluding hydrogens is 178 g/mol. The predicted octanol–water partition coefficient (Wildman–Crippen LogP) is 0.702. The first-order valence-corrected chi connectivity index (χ1v) is 5.16. The standard InChI is InChI=1S/C9H19N5/c1-5-8(10-6-2)7(3)9-11-12-13-14(9)4/h7-8,10H,5-6H2,1-4H3. The Kier molecular flexibility index (Phi) is 4.00. The van der Waals surface area contributed by atoms with Crippen molar-refractivity contribution in [3.63, 3.8) is 0 Å². The Labute approximate surface area is 84.9 Å². The fourth-order valence-corrected chi connectivity index (χ4v) is 1.74. The van der Waals surface area contributed by atoms with Crippen LogP contribution in [0.2, 0.25) is 0 Å². The molecule has 1 heterocycles. The van der Waals surface area contributed by atoms with Gasteiger partial charge in [-0.15, -0.1) is 5.10 Å². The van der Waals surface area contributed by atoms with Gasteiger partial charge in [-0.25, -0.2) is 4.68 Å². The Bertz CT molecular complexity index is 270. The second-order valence-corrected chi connectivity index (χ2v) is 3.52. The highest BCUT2D eigenvalue weighted by Gasteiger charge is 2.20. The Morgan fingerprint density at radius 2 is 2.14 bits per heavy atom. The van der Waals surface area contributed by atoms with E-state index in [9.17, 15) is 0 Å². The van der Waals surface area contributed by atoms with Crippen LogP contribution in [0.25, 0.3) is 0 Å². The van der Waals surface area contributed by atoms with E-state index in [2.05, 4.69) is 41.6 Å². The summed E-state index contributed by atoms with van der Waals surface area (Å²) in [6, 6.07) is 0.449. The average Bonchev–Trinajstić information content (AvgIpc) is 2.59. The molecule has 80 valence electrons. The normalized spacial score (nSPS) is 15.4. The van der Waals surface area contributed by atoms with Gasteiger partial charge in [-0.3, -0.25) is 0 Å². The van der Waals surface area contributed by atoms with Gasteiger partial charge < -0.3 is 5.32 Å². The van der Waals surface area contributed by atoms with Crippen molar-refractivity contribution in [1.29, 1.82) is 0 Å². The molecule has 1 aromatic rings. The largest absolute Gasteiger partial charge is 0.314 e.